The molecular formula is C14H22ClN3. The number of rotatable bonds is 6. The maximum absolute atomic E-state index is 5.67. The zero-order valence-corrected chi connectivity index (χ0v) is 11.7. The van der Waals surface area contributed by atoms with Crippen molar-refractivity contribution in [3.63, 3.8) is 0 Å². The van der Waals surface area contributed by atoms with Gasteiger partial charge in [-0.3, -0.25) is 0 Å². The number of halogens is 1. The van der Waals surface area contributed by atoms with E-state index in [9.17, 15) is 0 Å². The predicted molar refractivity (Wildman–Crippen MR) is 76.4 cm³/mol. The van der Waals surface area contributed by atoms with Gasteiger partial charge >= 0.3 is 0 Å². The minimum atomic E-state index is 0.767. The van der Waals surface area contributed by atoms with Crippen LogP contribution < -0.4 is 5.32 Å². The average Bonchev–Trinajstić information content (AvgIpc) is 2.64. The second kappa shape index (κ2) is 7.57. The van der Waals surface area contributed by atoms with Crippen molar-refractivity contribution in [2.45, 2.75) is 51.4 Å². The summed E-state index contributed by atoms with van der Waals surface area (Å²) in [4.78, 5) is 8.83. The SMILES string of the molecule is ClCCCCCNc1ncnc2c1CCCCC2. The van der Waals surface area contributed by atoms with Gasteiger partial charge in [-0.15, -0.1) is 11.6 Å². The van der Waals surface area contributed by atoms with Crippen molar-refractivity contribution in [3.05, 3.63) is 17.6 Å². The first-order valence-corrected chi connectivity index (χ1v) is 7.58. The van der Waals surface area contributed by atoms with Gasteiger partial charge in [-0.2, -0.15) is 0 Å². The lowest BCUT2D eigenvalue weighted by atomic mass is 10.1. The molecule has 0 radical (unpaired) electrons. The number of hydrogen-bond donors (Lipinski definition) is 1. The summed E-state index contributed by atoms with van der Waals surface area (Å²) in [7, 11) is 0. The van der Waals surface area contributed by atoms with Crippen molar-refractivity contribution in [2.24, 2.45) is 0 Å². The molecule has 0 saturated heterocycles. The van der Waals surface area contributed by atoms with Crippen LogP contribution in [0.5, 0.6) is 0 Å². The lowest BCUT2D eigenvalue weighted by Crippen LogP contribution is -2.09. The Hall–Kier alpha value is -0.830. The molecule has 0 spiro atoms. The molecule has 0 aromatic carbocycles. The van der Waals surface area contributed by atoms with E-state index in [2.05, 4.69) is 15.3 Å². The van der Waals surface area contributed by atoms with Gasteiger partial charge in [0.25, 0.3) is 0 Å². The first-order valence-electron chi connectivity index (χ1n) is 7.04. The van der Waals surface area contributed by atoms with Gasteiger partial charge in [0.1, 0.15) is 12.1 Å². The van der Waals surface area contributed by atoms with E-state index in [1.807, 2.05) is 0 Å². The van der Waals surface area contributed by atoms with Gasteiger partial charge in [-0.05, 0) is 38.5 Å². The Kier molecular flexibility index (Phi) is 5.72. The van der Waals surface area contributed by atoms with Crippen LogP contribution in [0, 0.1) is 0 Å². The van der Waals surface area contributed by atoms with Crippen molar-refractivity contribution in [1.82, 2.24) is 9.97 Å². The smallest absolute Gasteiger partial charge is 0.132 e. The molecular weight excluding hydrogens is 246 g/mol. The van der Waals surface area contributed by atoms with Crippen LogP contribution in [0.15, 0.2) is 6.33 Å². The highest BCUT2D eigenvalue weighted by atomic mass is 35.5. The van der Waals surface area contributed by atoms with E-state index in [0.29, 0.717) is 0 Å². The quantitative estimate of drug-likeness (QED) is 0.486. The van der Waals surface area contributed by atoms with Crippen molar-refractivity contribution < 1.29 is 0 Å². The van der Waals surface area contributed by atoms with Crippen LogP contribution in [0.2, 0.25) is 0 Å². The maximum atomic E-state index is 5.67. The molecule has 1 aliphatic carbocycles. The Labute approximate surface area is 114 Å². The summed E-state index contributed by atoms with van der Waals surface area (Å²) in [5, 5.41) is 3.47. The maximum Gasteiger partial charge on any atom is 0.132 e. The molecule has 1 aromatic heterocycles. The lowest BCUT2D eigenvalue weighted by molar-refractivity contribution is 0.708. The molecule has 1 aliphatic rings. The van der Waals surface area contributed by atoms with E-state index in [0.717, 1.165) is 43.9 Å². The van der Waals surface area contributed by atoms with E-state index in [1.54, 1.807) is 6.33 Å². The van der Waals surface area contributed by atoms with Crippen molar-refractivity contribution in [1.29, 1.82) is 0 Å². The molecule has 18 heavy (non-hydrogen) atoms. The number of hydrogen-bond acceptors (Lipinski definition) is 3. The van der Waals surface area contributed by atoms with Crippen LogP contribution in [-0.4, -0.2) is 22.4 Å². The number of unbranched alkanes of at least 4 members (excludes halogenated alkanes) is 2. The molecule has 0 saturated carbocycles. The normalized spacial score (nSPS) is 14.9. The molecule has 0 aliphatic heterocycles. The van der Waals surface area contributed by atoms with E-state index in [-0.39, 0.29) is 0 Å². The second-order valence-corrected chi connectivity index (χ2v) is 5.26. The highest BCUT2D eigenvalue weighted by Gasteiger charge is 2.13. The monoisotopic (exact) mass is 267 g/mol. The van der Waals surface area contributed by atoms with Gasteiger partial charge in [0.2, 0.25) is 0 Å². The lowest BCUT2D eigenvalue weighted by Gasteiger charge is -2.12. The Morgan fingerprint density at radius 2 is 1.94 bits per heavy atom. The molecule has 100 valence electrons. The first-order chi connectivity index (χ1) is 8.92. The van der Waals surface area contributed by atoms with Gasteiger partial charge in [-0.25, -0.2) is 9.97 Å². The molecule has 0 fully saturated rings. The minimum Gasteiger partial charge on any atom is -0.370 e. The highest BCUT2D eigenvalue weighted by Crippen LogP contribution is 2.23. The van der Waals surface area contributed by atoms with Crippen LogP contribution in [-0.2, 0) is 12.8 Å². The number of alkyl halides is 1. The summed E-state index contributed by atoms with van der Waals surface area (Å²) in [6, 6.07) is 0. The standard InChI is InChI=1S/C14H22ClN3/c15-9-5-2-6-10-16-14-12-7-3-1-4-8-13(12)17-11-18-14/h11H,1-10H2,(H,16,17,18). The van der Waals surface area contributed by atoms with E-state index in [1.165, 1.54) is 36.9 Å². The zero-order valence-electron chi connectivity index (χ0n) is 10.9. The second-order valence-electron chi connectivity index (χ2n) is 4.88. The first kappa shape index (κ1) is 13.6. The number of aromatic nitrogens is 2. The molecule has 1 aromatic rings. The average molecular weight is 268 g/mol. The Morgan fingerprint density at radius 1 is 1.06 bits per heavy atom. The molecule has 0 bridgehead atoms. The summed E-state index contributed by atoms with van der Waals surface area (Å²) in [6.07, 6.45) is 11.2. The number of nitrogens with zero attached hydrogens (tertiary/aromatic N) is 2. The summed E-state index contributed by atoms with van der Waals surface area (Å²) in [6.45, 7) is 0.986. The van der Waals surface area contributed by atoms with Crippen molar-refractivity contribution in [2.75, 3.05) is 17.7 Å². The largest absolute Gasteiger partial charge is 0.370 e. The predicted octanol–water partition coefficient (Wildman–Crippen LogP) is 3.57. The van der Waals surface area contributed by atoms with Crippen LogP contribution in [0.3, 0.4) is 0 Å². The van der Waals surface area contributed by atoms with E-state index in [4.69, 9.17) is 11.6 Å². The summed E-state index contributed by atoms with van der Waals surface area (Å²) < 4.78 is 0. The van der Waals surface area contributed by atoms with Gasteiger partial charge in [-0.1, -0.05) is 12.8 Å². The van der Waals surface area contributed by atoms with Crippen LogP contribution in [0.1, 0.15) is 49.8 Å². The molecule has 2 rings (SSSR count). The van der Waals surface area contributed by atoms with Gasteiger partial charge in [0.05, 0.1) is 0 Å². The fourth-order valence-electron chi connectivity index (χ4n) is 2.45. The third kappa shape index (κ3) is 3.84. The number of aryl methyl sites for hydroxylation is 1. The third-order valence-electron chi connectivity index (χ3n) is 3.48. The van der Waals surface area contributed by atoms with Crippen molar-refractivity contribution >= 4 is 17.4 Å². The molecule has 0 amide bonds. The summed E-state index contributed by atoms with van der Waals surface area (Å²) in [5.74, 6) is 1.83. The van der Waals surface area contributed by atoms with E-state index >= 15 is 0 Å². The van der Waals surface area contributed by atoms with E-state index < -0.39 is 0 Å². The fourth-order valence-corrected chi connectivity index (χ4v) is 2.64. The fraction of sp³-hybridized carbons (Fsp3) is 0.714. The summed E-state index contributed by atoms with van der Waals surface area (Å²) in [5.41, 5.74) is 2.61. The van der Waals surface area contributed by atoms with Crippen LogP contribution >= 0.6 is 11.6 Å². The molecule has 0 unspecified atom stereocenters. The highest BCUT2D eigenvalue weighted by molar-refractivity contribution is 6.17. The molecule has 1 N–H and O–H groups in total. The topological polar surface area (TPSA) is 37.8 Å². The Morgan fingerprint density at radius 3 is 2.83 bits per heavy atom. The number of fused-ring (bicyclic) bond motifs is 1. The zero-order chi connectivity index (χ0) is 12.6. The molecule has 1 heterocycles. The molecule has 3 nitrogen and oxygen atoms in total. The number of nitrogens with one attached hydrogen (secondary N) is 1. The Balaban J connectivity index is 1.91. The Bertz CT molecular complexity index is 368. The van der Waals surface area contributed by atoms with Crippen LogP contribution in [0.25, 0.3) is 0 Å². The third-order valence-corrected chi connectivity index (χ3v) is 3.75. The minimum absolute atomic E-state index is 0.767. The van der Waals surface area contributed by atoms with Crippen molar-refractivity contribution in [3.8, 4) is 0 Å². The van der Waals surface area contributed by atoms with Crippen LogP contribution in [0.4, 0.5) is 5.82 Å². The van der Waals surface area contributed by atoms with Gasteiger partial charge < -0.3 is 5.32 Å². The molecule has 0 atom stereocenters. The van der Waals surface area contributed by atoms with Gasteiger partial charge in [0.15, 0.2) is 0 Å². The van der Waals surface area contributed by atoms with Gasteiger partial charge in [0, 0.05) is 23.7 Å². The summed E-state index contributed by atoms with van der Waals surface area (Å²) >= 11 is 5.67. The number of anilines is 1. The molecule has 4 heteroatoms.